The predicted molar refractivity (Wildman–Crippen MR) is 168 cm³/mol. The summed E-state index contributed by atoms with van der Waals surface area (Å²) in [5.74, 6) is 0.339. The summed E-state index contributed by atoms with van der Waals surface area (Å²) in [4.78, 5) is 37.1. The highest BCUT2D eigenvalue weighted by Gasteiger charge is 2.32. The van der Waals surface area contributed by atoms with Crippen LogP contribution < -0.4 is 30.3 Å². The molecular formula is C31H31IN4O7. The van der Waals surface area contributed by atoms with Gasteiger partial charge in [0.15, 0.2) is 18.1 Å². The summed E-state index contributed by atoms with van der Waals surface area (Å²) in [6.45, 7) is 3.66. The van der Waals surface area contributed by atoms with Crippen LogP contribution in [0.5, 0.6) is 17.2 Å². The Bertz CT molecular complexity index is 1540. The number of halogens is 1. The van der Waals surface area contributed by atoms with Crippen LogP contribution in [0.1, 0.15) is 36.6 Å². The number of carbonyl (C=O) groups excluding carboxylic acids is 3. The van der Waals surface area contributed by atoms with Crippen molar-refractivity contribution in [2.24, 2.45) is 5.10 Å². The molecule has 0 bridgehead atoms. The Morgan fingerprint density at radius 2 is 1.79 bits per heavy atom. The van der Waals surface area contributed by atoms with Gasteiger partial charge in [-0.2, -0.15) is 5.10 Å². The van der Waals surface area contributed by atoms with E-state index in [1.54, 1.807) is 32.0 Å². The fraction of sp³-hybridized carbons (Fsp3) is 0.226. The van der Waals surface area contributed by atoms with Crippen LogP contribution in [0.15, 0.2) is 83.1 Å². The number of carbonyl (C=O) groups is 3. The number of esters is 1. The van der Waals surface area contributed by atoms with Gasteiger partial charge in [-0.05, 0) is 83.5 Å². The Morgan fingerprint density at radius 3 is 2.51 bits per heavy atom. The standard InChI is InChI=1S/C31H31IN4O7/c1-4-41-30(38)28-19(2)34-31(39)35-29(28)22-11-13-25(26(15-22)40-3)43-18-27(37)36-33-16-21-10-12-24(23(32)14-21)42-17-20-8-6-5-7-9-20/h5-16,29H,4,17-18H2,1-3H3,(H,36,37)(H2,34,35,39)/b33-16-/t29-/m1/s1. The molecular weight excluding hydrogens is 667 g/mol. The summed E-state index contributed by atoms with van der Waals surface area (Å²) >= 11 is 2.19. The minimum absolute atomic E-state index is 0.189. The fourth-order valence-corrected chi connectivity index (χ4v) is 4.91. The number of nitrogens with zero attached hydrogens (tertiary/aromatic N) is 1. The molecule has 0 aromatic heterocycles. The Balaban J connectivity index is 1.33. The van der Waals surface area contributed by atoms with E-state index in [4.69, 9.17) is 18.9 Å². The first kappa shape index (κ1) is 31.3. The van der Waals surface area contributed by atoms with Crippen LogP contribution in [-0.4, -0.2) is 44.4 Å². The Hall–Kier alpha value is -4.59. The molecule has 3 aromatic carbocycles. The van der Waals surface area contributed by atoms with Gasteiger partial charge in [0.2, 0.25) is 0 Å². The highest BCUT2D eigenvalue weighted by molar-refractivity contribution is 14.1. The normalized spacial score (nSPS) is 14.5. The molecule has 0 unspecified atom stereocenters. The number of allylic oxidation sites excluding steroid dienone is 1. The van der Waals surface area contributed by atoms with Crippen LogP contribution in [0.2, 0.25) is 0 Å². The number of hydrogen-bond donors (Lipinski definition) is 3. The van der Waals surface area contributed by atoms with Crippen molar-refractivity contribution in [1.82, 2.24) is 16.1 Å². The van der Waals surface area contributed by atoms with Crippen molar-refractivity contribution in [1.29, 1.82) is 0 Å². The van der Waals surface area contributed by atoms with Crippen molar-refractivity contribution in [2.75, 3.05) is 20.3 Å². The molecule has 0 radical (unpaired) electrons. The third-order valence-corrected chi connectivity index (χ3v) is 7.08. The first-order valence-corrected chi connectivity index (χ1v) is 14.4. The summed E-state index contributed by atoms with van der Waals surface area (Å²) < 4.78 is 23.1. The lowest BCUT2D eigenvalue weighted by Gasteiger charge is -2.28. The van der Waals surface area contributed by atoms with Crippen molar-refractivity contribution in [3.63, 3.8) is 0 Å². The molecule has 4 rings (SSSR count). The molecule has 12 heteroatoms. The summed E-state index contributed by atoms with van der Waals surface area (Å²) in [6.07, 6.45) is 1.53. The molecule has 0 saturated carbocycles. The van der Waals surface area contributed by atoms with Gasteiger partial charge in [-0.1, -0.05) is 36.4 Å². The SMILES string of the molecule is CCOC(=O)C1=C(C)NC(=O)N[C@@H]1c1ccc(OCC(=O)N/N=C\c2ccc(OCc3ccccc3)c(I)c2)c(OC)c1. The average molecular weight is 699 g/mol. The maximum atomic E-state index is 12.6. The molecule has 3 aromatic rings. The fourth-order valence-electron chi connectivity index (χ4n) is 4.21. The second-order valence-electron chi connectivity index (χ2n) is 9.25. The van der Waals surface area contributed by atoms with E-state index in [0.717, 1.165) is 20.4 Å². The number of hydrazone groups is 1. The minimum atomic E-state index is -0.763. The van der Waals surface area contributed by atoms with Gasteiger partial charge in [0.25, 0.3) is 5.91 Å². The average Bonchev–Trinajstić information content (AvgIpc) is 2.99. The smallest absolute Gasteiger partial charge is 0.338 e. The van der Waals surface area contributed by atoms with Gasteiger partial charge in [0.05, 0.1) is 35.1 Å². The molecule has 0 aliphatic carbocycles. The van der Waals surface area contributed by atoms with Crippen LogP contribution in [0.25, 0.3) is 0 Å². The topological polar surface area (TPSA) is 137 Å². The van der Waals surface area contributed by atoms with E-state index in [0.29, 0.717) is 29.4 Å². The van der Waals surface area contributed by atoms with Crippen LogP contribution in [0, 0.1) is 3.57 Å². The number of amides is 3. The summed E-state index contributed by atoms with van der Waals surface area (Å²) in [6, 6.07) is 19.2. The quantitative estimate of drug-likeness (QED) is 0.109. The molecule has 1 aliphatic rings. The molecule has 1 atom stereocenters. The second-order valence-corrected chi connectivity index (χ2v) is 10.4. The molecule has 1 aliphatic heterocycles. The first-order valence-electron chi connectivity index (χ1n) is 13.3. The minimum Gasteiger partial charge on any atom is -0.493 e. The van der Waals surface area contributed by atoms with E-state index in [9.17, 15) is 14.4 Å². The number of benzene rings is 3. The maximum Gasteiger partial charge on any atom is 0.338 e. The molecule has 3 amide bonds. The van der Waals surface area contributed by atoms with Gasteiger partial charge in [-0.15, -0.1) is 0 Å². The Labute approximate surface area is 262 Å². The van der Waals surface area contributed by atoms with E-state index in [-0.39, 0.29) is 18.8 Å². The number of urea groups is 1. The number of nitrogens with one attached hydrogen (secondary N) is 3. The summed E-state index contributed by atoms with van der Waals surface area (Å²) in [7, 11) is 1.45. The van der Waals surface area contributed by atoms with Crippen molar-refractivity contribution in [3.05, 3.63) is 98.3 Å². The zero-order valence-corrected chi connectivity index (χ0v) is 26.0. The highest BCUT2D eigenvalue weighted by atomic mass is 127. The zero-order valence-electron chi connectivity index (χ0n) is 23.8. The molecule has 224 valence electrons. The van der Waals surface area contributed by atoms with Crippen LogP contribution in [-0.2, 0) is 20.9 Å². The molecule has 0 saturated heterocycles. The predicted octanol–water partition coefficient (Wildman–Crippen LogP) is 4.60. The largest absolute Gasteiger partial charge is 0.493 e. The second kappa shape index (κ2) is 15.0. The number of hydrogen-bond acceptors (Lipinski definition) is 8. The third-order valence-electron chi connectivity index (χ3n) is 6.24. The lowest BCUT2D eigenvalue weighted by atomic mass is 9.95. The molecule has 11 nitrogen and oxygen atoms in total. The van der Waals surface area contributed by atoms with Crippen molar-refractivity contribution in [2.45, 2.75) is 26.5 Å². The lowest BCUT2D eigenvalue weighted by Crippen LogP contribution is -2.45. The van der Waals surface area contributed by atoms with Crippen LogP contribution in [0.3, 0.4) is 0 Å². The maximum absolute atomic E-state index is 12.6. The van der Waals surface area contributed by atoms with Crippen molar-refractivity contribution in [3.8, 4) is 17.2 Å². The number of rotatable bonds is 12. The van der Waals surface area contributed by atoms with E-state index in [1.165, 1.54) is 13.3 Å². The lowest BCUT2D eigenvalue weighted by molar-refractivity contribution is -0.139. The van der Waals surface area contributed by atoms with E-state index in [2.05, 4.69) is 43.8 Å². The zero-order chi connectivity index (χ0) is 30.8. The summed E-state index contributed by atoms with van der Waals surface area (Å²) in [5, 5.41) is 9.35. The van der Waals surface area contributed by atoms with Crippen LogP contribution >= 0.6 is 22.6 Å². The number of ether oxygens (including phenoxy) is 4. The monoisotopic (exact) mass is 698 g/mol. The van der Waals surface area contributed by atoms with Gasteiger partial charge in [-0.3, -0.25) is 4.79 Å². The van der Waals surface area contributed by atoms with Gasteiger partial charge >= 0.3 is 12.0 Å². The molecule has 43 heavy (non-hydrogen) atoms. The van der Waals surface area contributed by atoms with E-state index in [1.807, 2.05) is 48.5 Å². The first-order chi connectivity index (χ1) is 20.8. The van der Waals surface area contributed by atoms with E-state index < -0.39 is 23.9 Å². The van der Waals surface area contributed by atoms with Gasteiger partial charge in [0, 0.05) is 5.70 Å². The Morgan fingerprint density at radius 1 is 1.02 bits per heavy atom. The van der Waals surface area contributed by atoms with Gasteiger partial charge in [0.1, 0.15) is 12.4 Å². The number of methoxy groups -OCH3 is 1. The molecule has 3 N–H and O–H groups in total. The van der Waals surface area contributed by atoms with Crippen molar-refractivity contribution < 1.29 is 33.3 Å². The van der Waals surface area contributed by atoms with E-state index >= 15 is 0 Å². The molecule has 1 heterocycles. The molecule has 0 fully saturated rings. The van der Waals surface area contributed by atoms with Crippen LogP contribution in [0.4, 0.5) is 4.79 Å². The third kappa shape index (κ3) is 8.47. The van der Waals surface area contributed by atoms with Crippen molar-refractivity contribution >= 4 is 46.7 Å². The van der Waals surface area contributed by atoms with Gasteiger partial charge in [-0.25, -0.2) is 15.0 Å². The Kier molecular flexibility index (Phi) is 11.0. The molecule has 0 spiro atoms. The summed E-state index contributed by atoms with van der Waals surface area (Å²) in [5.41, 5.74) is 5.54. The van der Waals surface area contributed by atoms with Gasteiger partial charge < -0.3 is 29.6 Å². The highest BCUT2D eigenvalue weighted by Crippen LogP contribution is 2.34.